The summed E-state index contributed by atoms with van der Waals surface area (Å²) in [4.78, 5) is 16.8. The molecule has 3 rings (SSSR count). The maximum absolute atomic E-state index is 4.59. The molecule has 0 bridgehead atoms. The van der Waals surface area contributed by atoms with E-state index in [-0.39, 0.29) is 24.0 Å². The van der Waals surface area contributed by atoms with Gasteiger partial charge in [-0.25, -0.2) is 9.97 Å². The Hall–Kier alpha value is -1.42. The van der Waals surface area contributed by atoms with Crippen LogP contribution in [0, 0.1) is 6.92 Å². The van der Waals surface area contributed by atoms with Crippen molar-refractivity contribution < 1.29 is 0 Å². The third-order valence-electron chi connectivity index (χ3n) is 4.22. The summed E-state index contributed by atoms with van der Waals surface area (Å²) in [7, 11) is 1.79. The standard InChI is InChI=1S/C18H26N6S.HI/c1-14-11-22-17(25-14)7-8-20-18(19-2)23-13-15-5-6-16(21-12-15)24-9-3-4-10-24;/h5-6,11-12H,3-4,7-10,13H2,1-2H3,(H2,19,20,23);1H. The van der Waals surface area contributed by atoms with E-state index < -0.39 is 0 Å². The van der Waals surface area contributed by atoms with E-state index in [2.05, 4.69) is 49.6 Å². The Labute approximate surface area is 176 Å². The second-order valence-electron chi connectivity index (χ2n) is 6.19. The minimum Gasteiger partial charge on any atom is -0.357 e. The van der Waals surface area contributed by atoms with Crippen LogP contribution < -0.4 is 15.5 Å². The molecule has 0 radical (unpaired) electrons. The summed E-state index contributed by atoms with van der Waals surface area (Å²) >= 11 is 1.75. The molecule has 2 N–H and O–H groups in total. The van der Waals surface area contributed by atoms with Crippen LogP contribution in [0.5, 0.6) is 0 Å². The zero-order chi connectivity index (χ0) is 17.5. The van der Waals surface area contributed by atoms with Crippen LogP contribution in [0.25, 0.3) is 0 Å². The molecular formula is C18H27IN6S. The first-order chi connectivity index (χ1) is 12.2. The number of anilines is 1. The summed E-state index contributed by atoms with van der Waals surface area (Å²) in [6, 6.07) is 4.25. The summed E-state index contributed by atoms with van der Waals surface area (Å²) in [5, 5.41) is 7.82. The largest absolute Gasteiger partial charge is 0.357 e. The Bertz CT molecular complexity index is 694. The highest BCUT2D eigenvalue weighted by atomic mass is 127. The van der Waals surface area contributed by atoms with Gasteiger partial charge in [-0.15, -0.1) is 35.3 Å². The second-order valence-corrected chi connectivity index (χ2v) is 7.51. The smallest absolute Gasteiger partial charge is 0.191 e. The van der Waals surface area contributed by atoms with Crippen LogP contribution in [0.1, 0.15) is 28.3 Å². The first-order valence-corrected chi connectivity index (χ1v) is 9.62. The van der Waals surface area contributed by atoms with Crippen LogP contribution in [-0.4, -0.2) is 42.6 Å². The van der Waals surface area contributed by atoms with Gasteiger partial charge < -0.3 is 15.5 Å². The normalized spacial score (nSPS) is 14.2. The van der Waals surface area contributed by atoms with Crippen molar-refractivity contribution in [3.05, 3.63) is 40.0 Å². The van der Waals surface area contributed by atoms with Gasteiger partial charge in [-0.3, -0.25) is 4.99 Å². The minimum atomic E-state index is 0. The van der Waals surface area contributed by atoms with Gasteiger partial charge in [-0.2, -0.15) is 0 Å². The number of aryl methyl sites for hydroxylation is 1. The zero-order valence-electron chi connectivity index (χ0n) is 15.4. The first-order valence-electron chi connectivity index (χ1n) is 8.80. The summed E-state index contributed by atoms with van der Waals surface area (Å²) in [6.07, 6.45) is 7.32. The molecule has 0 unspecified atom stereocenters. The van der Waals surface area contributed by atoms with Crippen molar-refractivity contribution in [3.63, 3.8) is 0 Å². The number of rotatable bonds is 6. The monoisotopic (exact) mass is 486 g/mol. The maximum Gasteiger partial charge on any atom is 0.191 e. The Morgan fingerprint density at radius 2 is 2.00 bits per heavy atom. The highest BCUT2D eigenvalue weighted by Crippen LogP contribution is 2.17. The lowest BCUT2D eigenvalue weighted by Gasteiger charge is -2.16. The molecule has 1 saturated heterocycles. The highest BCUT2D eigenvalue weighted by molar-refractivity contribution is 14.0. The molecule has 2 aromatic rings. The zero-order valence-corrected chi connectivity index (χ0v) is 18.5. The van der Waals surface area contributed by atoms with Crippen molar-refractivity contribution in [2.24, 2.45) is 4.99 Å². The Morgan fingerprint density at radius 3 is 2.62 bits per heavy atom. The fraction of sp³-hybridized carbons (Fsp3) is 0.500. The van der Waals surface area contributed by atoms with Crippen molar-refractivity contribution in [2.75, 3.05) is 31.6 Å². The molecule has 0 atom stereocenters. The Balaban J connectivity index is 0.00000243. The lowest BCUT2D eigenvalue weighted by atomic mass is 10.3. The van der Waals surface area contributed by atoms with E-state index in [1.54, 1.807) is 18.4 Å². The van der Waals surface area contributed by atoms with Gasteiger partial charge in [0.15, 0.2) is 5.96 Å². The molecule has 0 aliphatic carbocycles. The van der Waals surface area contributed by atoms with E-state index in [4.69, 9.17) is 0 Å². The van der Waals surface area contributed by atoms with Gasteiger partial charge in [0.1, 0.15) is 5.82 Å². The molecule has 142 valence electrons. The number of aliphatic imine (C=N–C) groups is 1. The molecule has 0 saturated carbocycles. The third-order valence-corrected chi connectivity index (χ3v) is 5.20. The van der Waals surface area contributed by atoms with Gasteiger partial charge >= 0.3 is 0 Å². The quantitative estimate of drug-likeness (QED) is 0.374. The average molecular weight is 486 g/mol. The lowest BCUT2D eigenvalue weighted by molar-refractivity contribution is 0.789. The van der Waals surface area contributed by atoms with Crippen molar-refractivity contribution >= 4 is 47.1 Å². The number of thiazole rings is 1. The summed E-state index contributed by atoms with van der Waals surface area (Å²) in [5.41, 5.74) is 1.15. The molecule has 1 aliphatic rings. The molecule has 1 fully saturated rings. The molecule has 0 amide bonds. The predicted molar refractivity (Wildman–Crippen MR) is 120 cm³/mol. The van der Waals surface area contributed by atoms with Gasteiger partial charge in [-0.05, 0) is 31.4 Å². The average Bonchev–Trinajstić information content (AvgIpc) is 3.30. The van der Waals surface area contributed by atoms with Gasteiger partial charge in [-0.1, -0.05) is 6.07 Å². The Kier molecular flexibility index (Phi) is 8.56. The van der Waals surface area contributed by atoms with Crippen LogP contribution in [0.3, 0.4) is 0 Å². The molecule has 0 spiro atoms. The molecular weight excluding hydrogens is 459 g/mol. The second kappa shape index (κ2) is 10.7. The van der Waals surface area contributed by atoms with Crippen LogP contribution in [0.2, 0.25) is 0 Å². The maximum atomic E-state index is 4.59. The summed E-state index contributed by atoms with van der Waals surface area (Å²) in [6.45, 7) is 5.86. The first kappa shape index (κ1) is 20.9. The molecule has 8 heteroatoms. The van der Waals surface area contributed by atoms with Crippen molar-refractivity contribution in [2.45, 2.75) is 32.7 Å². The van der Waals surface area contributed by atoms with E-state index in [0.717, 1.165) is 48.4 Å². The van der Waals surface area contributed by atoms with Gasteiger partial charge in [0.25, 0.3) is 0 Å². The molecule has 26 heavy (non-hydrogen) atoms. The van der Waals surface area contributed by atoms with Gasteiger partial charge in [0.2, 0.25) is 0 Å². The van der Waals surface area contributed by atoms with E-state index in [1.807, 2.05) is 12.4 Å². The Morgan fingerprint density at radius 1 is 1.19 bits per heavy atom. The molecule has 2 aromatic heterocycles. The fourth-order valence-electron chi connectivity index (χ4n) is 2.87. The van der Waals surface area contributed by atoms with Crippen molar-refractivity contribution in [3.8, 4) is 0 Å². The topological polar surface area (TPSA) is 65.4 Å². The van der Waals surface area contributed by atoms with E-state index in [9.17, 15) is 0 Å². The van der Waals surface area contributed by atoms with Crippen molar-refractivity contribution in [1.82, 2.24) is 20.6 Å². The number of hydrogen-bond donors (Lipinski definition) is 2. The van der Waals surface area contributed by atoms with E-state index in [0.29, 0.717) is 6.54 Å². The number of pyridine rings is 1. The number of nitrogens with zero attached hydrogens (tertiary/aromatic N) is 4. The fourth-order valence-corrected chi connectivity index (χ4v) is 3.65. The predicted octanol–water partition coefficient (Wildman–Crippen LogP) is 2.97. The van der Waals surface area contributed by atoms with Crippen LogP contribution in [0.15, 0.2) is 29.5 Å². The van der Waals surface area contributed by atoms with Crippen LogP contribution in [0.4, 0.5) is 5.82 Å². The van der Waals surface area contributed by atoms with Gasteiger partial charge in [0, 0.05) is 56.9 Å². The lowest BCUT2D eigenvalue weighted by Crippen LogP contribution is -2.37. The van der Waals surface area contributed by atoms with Crippen LogP contribution >= 0.6 is 35.3 Å². The molecule has 6 nitrogen and oxygen atoms in total. The highest BCUT2D eigenvalue weighted by Gasteiger charge is 2.12. The number of nitrogens with one attached hydrogen (secondary N) is 2. The number of aromatic nitrogens is 2. The van der Waals surface area contributed by atoms with E-state index in [1.165, 1.54) is 17.7 Å². The number of guanidine groups is 1. The van der Waals surface area contributed by atoms with E-state index >= 15 is 0 Å². The number of hydrogen-bond acceptors (Lipinski definition) is 5. The SMILES string of the molecule is CN=C(NCCc1ncc(C)s1)NCc1ccc(N2CCCC2)nc1.I. The molecule has 1 aliphatic heterocycles. The number of halogens is 1. The van der Waals surface area contributed by atoms with Crippen LogP contribution in [-0.2, 0) is 13.0 Å². The summed E-state index contributed by atoms with van der Waals surface area (Å²) < 4.78 is 0. The molecule has 3 heterocycles. The minimum absolute atomic E-state index is 0. The third kappa shape index (κ3) is 6.08. The molecule has 0 aromatic carbocycles. The van der Waals surface area contributed by atoms with Gasteiger partial charge in [0.05, 0.1) is 5.01 Å². The summed E-state index contributed by atoms with van der Waals surface area (Å²) in [5.74, 6) is 1.89. The van der Waals surface area contributed by atoms with Crippen molar-refractivity contribution in [1.29, 1.82) is 0 Å².